The molecule has 0 amide bonds. The minimum atomic E-state index is -0.482. The first-order valence-electron chi connectivity index (χ1n) is 8.68. The van der Waals surface area contributed by atoms with E-state index in [4.69, 9.17) is 26.1 Å². The fourth-order valence-electron chi connectivity index (χ4n) is 4.07. The second-order valence-electron chi connectivity index (χ2n) is 6.72. The van der Waals surface area contributed by atoms with Crippen LogP contribution in [0.15, 0.2) is 48.5 Å². The van der Waals surface area contributed by atoms with Gasteiger partial charge in [-0.1, -0.05) is 41.9 Å². The van der Waals surface area contributed by atoms with Crippen molar-refractivity contribution in [3.8, 4) is 11.1 Å². The van der Waals surface area contributed by atoms with Gasteiger partial charge in [0.05, 0.1) is 18.7 Å². The van der Waals surface area contributed by atoms with Gasteiger partial charge in [0, 0.05) is 28.9 Å². The standard InChI is InChI=1S/C21H18ClNO2/c22-15-6-7-18-16(12-15)20(14-4-2-1-3-5-14)17-13-21(24-10-11-25-21)9-8-19(17)23-18/h1-7,12H,8-11,13H2. The van der Waals surface area contributed by atoms with Gasteiger partial charge in [0.25, 0.3) is 0 Å². The average molecular weight is 352 g/mol. The van der Waals surface area contributed by atoms with Crippen LogP contribution < -0.4 is 0 Å². The molecule has 0 saturated carbocycles. The van der Waals surface area contributed by atoms with Crippen LogP contribution in [0.2, 0.25) is 5.02 Å². The minimum Gasteiger partial charge on any atom is -0.347 e. The van der Waals surface area contributed by atoms with Crippen LogP contribution in [0.4, 0.5) is 0 Å². The molecule has 0 radical (unpaired) electrons. The number of benzene rings is 2. The van der Waals surface area contributed by atoms with Gasteiger partial charge in [0.1, 0.15) is 0 Å². The maximum atomic E-state index is 6.30. The Bertz CT molecular complexity index is 949. The molecule has 2 heterocycles. The molecule has 1 saturated heterocycles. The molecule has 1 aliphatic carbocycles. The quantitative estimate of drug-likeness (QED) is 0.631. The van der Waals surface area contributed by atoms with Crippen molar-refractivity contribution in [1.82, 2.24) is 4.98 Å². The van der Waals surface area contributed by atoms with E-state index in [2.05, 4.69) is 24.3 Å². The third-order valence-electron chi connectivity index (χ3n) is 5.20. The highest BCUT2D eigenvalue weighted by Crippen LogP contribution is 2.42. The molecule has 126 valence electrons. The van der Waals surface area contributed by atoms with Crippen molar-refractivity contribution in [3.63, 3.8) is 0 Å². The van der Waals surface area contributed by atoms with Crippen molar-refractivity contribution >= 4 is 22.5 Å². The lowest BCUT2D eigenvalue weighted by Gasteiger charge is -2.34. The average Bonchev–Trinajstić information content (AvgIpc) is 3.09. The lowest BCUT2D eigenvalue weighted by atomic mass is 9.84. The summed E-state index contributed by atoms with van der Waals surface area (Å²) in [4.78, 5) is 4.93. The van der Waals surface area contributed by atoms with Gasteiger partial charge in [0.2, 0.25) is 0 Å². The Balaban J connectivity index is 1.80. The smallest absolute Gasteiger partial charge is 0.172 e. The summed E-state index contributed by atoms with van der Waals surface area (Å²) in [5.74, 6) is -0.482. The van der Waals surface area contributed by atoms with Crippen LogP contribution in [0.3, 0.4) is 0 Å². The van der Waals surface area contributed by atoms with E-state index in [0.29, 0.717) is 13.2 Å². The molecule has 4 heteroatoms. The molecule has 1 fully saturated rings. The Labute approximate surface area is 151 Å². The Kier molecular flexibility index (Phi) is 3.56. The predicted octanol–water partition coefficient (Wildman–Crippen LogP) is 4.79. The number of ether oxygens (including phenoxy) is 2. The first-order chi connectivity index (χ1) is 12.2. The van der Waals surface area contributed by atoms with Crippen LogP contribution >= 0.6 is 11.6 Å². The number of halogens is 1. The van der Waals surface area contributed by atoms with Crippen LogP contribution in [0.1, 0.15) is 17.7 Å². The fraction of sp³-hybridized carbons (Fsp3) is 0.286. The van der Waals surface area contributed by atoms with E-state index in [0.717, 1.165) is 40.9 Å². The topological polar surface area (TPSA) is 31.4 Å². The van der Waals surface area contributed by atoms with E-state index >= 15 is 0 Å². The molecule has 25 heavy (non-hydrogen) atoms. The molecule has 0 unspecified atom stereocenters. The van der Waals surface area contributed by atoms with Gasteiger partial charge in [0.15, 0.2) is 5.79 Å². The summed E-state index contributed by atoms with van der Waals surface area (Å²) in [7, 11) is 0. The molecule has 1 aromatic heterocycles. The van der Waals surface area contributed by atoms with Crippen LogP contribution in [-0.2, 0) is 22.3 Å². The largest absolute Gasteiger partial charge is 0.347 e. The summed E-state index contributed by atoms with van der Waals surface area (Å²) >= 11 is 6.30. The Morgan fingerprint density at radius 2 is 1.80 bits per heavy atom. The van der Waals surface area contributed by atoms with E-state index in [1.165, 1.54) is 16.7 Å². The van der Waals surface area contributed by atoms with E-state index in [1.54, 1.807) is 0 Å². The number of aromatic nitrogens is 1. The second kappa shape index (κ2) is 5.80. The fourth-order valence-corrected chi connectivity index (χ4v) is 4.24. The van der Waals surface area contributed by atoms with Crippen LogP contribution in [0.25, 0.3) is 22.0 Å². The summed E-state index contributed by atoms with van der Waals surface area (Å²) in [5, 5.41) is 1.82. The molecule has 0 atom stereocenters. The van der Waals surface area contributed by atoms with Crippen LogP contribution in [-0.4, -0.2) is 24.0 Å². The summed E-state index contributed by atoms with van der Waals surface area (Å²) < 4.78 is 12.0. The molecule has 2 aromatic carbocycles. The molecule has 3 nitrogen and oxygen atoms in total. The Morgan fingerprint density at radius 1 is 1.00 bits per heavy atom. The number of hydrogen-bond acceptors (Lipinski definition) is 3. The van der Waals surface area contributed by atoms with E-state index in [-0.39, 0.29) is 0 Å². The highest BCUT2D eigenvalue weighted by atomic mass is 35.5. The van der Waals surface area contributed by atoms with E-state index in [9.17, 15) is 0 Å². The molecule has 1 aliphatic heterocycles. The number of fused-ring (bicyclic) bond motifs is 2. The predicted molar refractivity (Wildman–Crippen MR) is 98.8 cm³/mol. The third kappa shape index (κ3) is 2.54. The van der Waals surface area contributed by atoms with Crippen molar-refractivity contribution in [2.75, 3.05) is 13.2 Å². The molecule has 3 aromatic rings. The zero-order chi connectivity index (χ0) is 16.9. The van der Waals surface area contributed by atoms with Crippen molar-refractivity contribution in [3.05, 3.63) is 64.8 Å². The summed E-state index contributed by atoms with van der Waals surface area (Å²) in [6.07, 6.45) is 2.47. The Hall–Kier alpha value is -1.94. The molecule has 1 spiro atoms. The zero-order valence-electron chi connectivity index (χ0n) is 13.8. The molecule has 2 aliphatic rings. The monoisotopic (exact) mass is 351 g/mol. The third-order valence-corrected chi connectivity index (χ3v) is 5.43. The molecule has 0 N–H and O–H groups in total. The number of hydrogen-bond donors (Lipinski definition) is 0. The van der Waals surface area contributed by atoms with Gasteiger partial charge in [-0.25, -0.2) is 0 Å². The van der Waals surface area contributed by atoms with Gasteiger partial charge in [-0.05, 0) is 41.3 Å². The Morgan fingerprint density at radius 3 is 2.60 bits per heavy atom. The lowest BCUT2D eigenvalue weighted by molar-refractivity contribution is -0.163. The van der Waals surface area contributed by atoms with Crippen molar-refractivity contribution < 1.29 is 9.47 Å². The van der Waals surface area contributed by atoms with Gasteiger partial charge >= 0.3 is 0 Å². The van der Waals surface area contributed by atoms with Gasteiger partial charge in [-0.15, -0.1) is 0 Å². The highest BCUT2D eigenvalue weighted by Gasteiger charge is 2.41. The van der Waals surface area contributed by atoms with E-state index in [1.807, 2.05) is 24.3 Å². The van der Waals surface area contributed by atoms with Crippen LogP contribution in [0, 0.1) is 0 Å². The number of aryl methyl sites for hydroxylation is 1. The number of rotatable bonds is 1. The summed E-state index contributed by atoms with van der Waals surface area (Å²) in [6.45, 7) is 1.34. The van der Waals surface area contributed by atoms with Gasteiger partial charge in [-0.2, -0.15) is 0 Å². The van der Waals surface area contributed by atoms with Crippen LogP contribution in [0.5, 0.6) is 0 Å². The molecule has 5 rings (SSSR count). The maximum absolute atomic E-state index is 6.30. The normalized spacial score (nSPS) is 18.6. The first kappa shape index (κ1) is 15.3. The number of pyridine rings is 1. The van der Waals surface area contributed by atoms with Crippen molar-refractivity contribution in [2.45, 2.75) is 25.0 Å². The van der Waals surface area contributed by atoms with Gasteiger partial charge < -0.3 is 9.47 Å². The second-order valence-corrected chi connectivity index (χ2v) is 7.16. The zero-order valence-corrected chi connectivity index (χ0v) is 14.6. The molecular weight excluding hydrogens is 334 g/mol. The van der Waals surface area contributed by atoms with Gasteiger partial charge in [-0.3, -0.25) is 4.98 Å². The summed E-state index contributed by atoms with van der Waals surface area (Å²) in [6, 6.07) is 16.4. The molecular formula is C21H18ClNO2. The first-order valence-corrected chi connectivity index (χ1v) is 9.06. The maximum Gasteiger partial charge on any atom is 0.172 e. The van der Waals surface area contributed by atoms with E-state index < -0.39 is 5.79 Å². The van der Waals surface area contributed by atoms with Crippen molar-refractivity contribution in [2.24, 2.45) is 0 Å². The SMILES string of the molecule is Clc1ccc2nc3c(c(-c4ccccc4)c2c1)CC1(CC3)OCCO1. The van der Waals surface area contributed by atoms with Crippen molar-refractivity contribution in [1.29, 1.82) is 0 Å². The lowest BCUT2D eigenvalue weighted by Crippen LogP contribution is -2.37. The number of nitrogens with zero attached hydrogens (tertiary/aromatic N) is 1. The minimum absolute atomic E-state index is 0.482. The molecule has 0 bridgehead atoms. The summed E-state index contributed by atoms with van der Waals surface area (Å²) in [5.41, 5.74) is 5.77. The highest BCUT2D eigenvalue weighted by molar-refractivity contribution is 6.31.